The molecule has 1 heterocycles. The molecule has 0 radical (unpaired) electrons. The van der Waals surface area contributed by atoms with Crippen LogP contribution in [-0.4, -0.2) is 27.8 Å². The van der Waals surface area contributed by atoms with E-state index in [1.54, 1.807) is 30.3 Å². The lowest BCUT2D eigenvalue weighted by atomic mass is 10.0. The first kappa shape index (κ1) is 22.0. The van der Waals surface area contributed by atoms with Gasteiger partial charge < -0.3 is 10.6 Å². The third-order valence-electron chi connectivity index (χ3n) is 3.99. The van der Waals surface area contributed by atoms with Crippen molar-refractivity contribution in [1.29, 1.82) is 0 Å². The molecule has 0 aliphatic heterocycles. The Balaban J connectivity index is 1.70. The summed E-state index contributed by atoms with van der Waals surface area (Å²) in [6, 6.07) is 15.6. The van der Waals surface area contributed by atoms with E-state index in [9.17, 15) is 9.59 Å². The minimum Gasteiger partial charge on any atom is -0.345 e. The Kier molecular flexibility index (Phi) is 8.01. The predicted molar refractivity (Wildman–Crippen MR) is 122 cm³/mol. The minimum absolute atomic E-state index is 0.0366. The average Bonchev–Trinajstić information content (AvgIpc) is 3.19. The number of amides is 2. The Morgan fingerprint density at radius 1 is 1.13 bits per heavy atom. The van der Waals surface area contributed by atoms with Crippen LogP contribution in [0.1, 0.15) is 28.4 Å². The number of rotatable bonds is 9. The third kappa shape index (κ3) is 6.16. The Hall–Kier alpha value is -2.68. The number of benzene rings is 2. The lowest BCUT2D eigenvalue weighted by Crippen LogP contribution is -2.31. The van der Waals surface area contributed by atoms with Gasteiger partial charge in [-0.1, -0.05) is 83.2 Å². The zero-order valence-electron chi connectivity index (χ0n) is 15.9. The highest BCUT2D eigenvalue weighted by Crippen LogP contribution is 2.26. The fourth-order valence-electron chi connectivity index (χ4n) is 2.62. The molecule has 0 unspecified atom stereocenters. The van der Waals surface area contributed by atoms with E-state index in [0.29, 0.717) is 21.5 Å². The number of nitrogens with one attached hydrogen (secondary N) is 2. The van der Waals surface area contributed by atoms with E-state index >= 15 is 0 Å². The van der Waals surface area contributed by atoms with Gasteiger partial charge in [-0.05, 0) is 17.7 Å². The number of carbonyl (C=O) groups is 2. The van der Waals surface area contributed by atoms with Gasteiger partial charge in [-0.15, -0.1) is 16.8 Å². The van der Waals surface area contributed by atoms with Crippen LogP contribution < -0.4 is 10.6 Å². The number of halogens is 1. The summed E-state index contributed by atoms with van der Waals surface area (Å²) < 4.78 is 0.747. The van der Waals surface area contributed by atoms with Crippen molar-refractivity contribution >= 4 is 51.6 Å². The van der Waals surface area contributed by atoms with E-state index in [0.717, 1.165) is 9.90 Å². The van der Waals surface area contributed by atoms with Crippen molar-refractivity contribution in [2.24, 2.45) is 0 Å². The lowest BCUT2D eigenvalue weighted by molar-refractivity contribution is -0.116. The molecule has 3 rings (SSSR count). The second-order valence-electron chi connectivity index (χ2n) is 6.14. The van der Waals surface area contributed by atoms with E-state index in [2.05, 4.69) is 27.4 Å². The van der Waals surface area contributed by atoms with E-state index in [-0.39, 0.29) is 18.2 Å². The Bertz CT molecular complexity index is 1030. The molecule has 2 amide bonds. The third-order valence-corrected chi connectivity index (χ3v) is 6.29. The van der Waals surface area contributed by atoms with Gasteiger partial charge in [-0.25, -0.2) is 0 Å². The molecule has 6 nitrogen and oxygen atoms in total. The molecule has 1 aromatic heterocycles. The first-order valence-corrected chi connectivity index (χ1v) is 11.2. The van der Waals surface area contributed by atoms with Gasteiger partial charge in [0.25, 0.3) is 5.91 Å². The molecule has 2 aromatic carbocycles. The highest BCUT2D eigenvalue weighted by Gasteiger charge is 2.21. The van der Waals surface area contributed by atoms with Gasteiger partial charge in [-0.2, -0.15) is 0 Å². The average molecular weight is 459 g/mol. The molecule has 154 valence electrons. The van der Waals surface area contributed by atoms with Crippen LogP contribution in [0.5, 0.6) is 0 Å². The lowest BCUT2D eigenvalue weighted by Gasteiger charge is -2.19. The fraction of sp³-hybridized carbons (Fsp3) is 0.143. The Labute approximate surface area is 187 Å². The van der Waals surface area contributed by atoms with Gasteiger partial charge in [0.1, 0.15) is 0 Å². The number of carbonyl (C=O) groups excluding carboxylic acids is 2. The van der Waals surface area contributed by atoms with Crippen LogP contribution >= 0.6 is 34.7 Å². The zero-order chi connectivity index (χ0) is 21.3. The van der Waals surface area contributed by atoms with Gasteiger partial charge in [0.2, 0.25) is 11.0 Å². The maximum absolute atomic E-state index is 12.7. The number of anilines is 1. The molecule has 3 aromatic rings. The molecule has 30 heavy (non-hydrogen) atoms. The predicted octanol–water partition coefficient (Wildman–Crippen LogP) is 4.97. The topological polar surface area (TPSA) is 84.0 Å². The van der Waals surface area contributed by atoms with Crippen molar-refractivity contribution in [2.75, 3.05) is 11.1 Å². The van der Waals surface area contributed by atoms with Crippen LogP contribution in [0.3, 0.4) is 0 Å². The van der Waals surface area contributed by atoms with E-state index in [1.165, 1.54) is 23.1 Å². The molecule has 0 bridgehead atoms. The number of hydrogen-bond acceptors (Lipinski definition) is 6. The van der Waals surface area contributed by atoms with Crippen molar-refractivity contribution in [2.45, 2.75) is 16.8 Å². The summed E-state index contributed by atoms with van der Waals surface area (Å²) in [7, 11) is 0. The quantitative estimate of drug-likeness (QED) is 0.268. The molecule has 2 N–H and O–H groups in total. The second kappa shape index (κ2) is 10.9. The SMILES string of the molecule is C=CCSc1nnc(NC(=O)C[C@@H](NC(=O)c2ccccc2Cl)c2ccccc2)s1. The second-order valence-corrected chi connectivity index (χ2v) is 8.79. The molecule has 0 spiro atoms. The summed E-state index contributed by atoms with van der Waals surface area (Å²) in [5.41, 5.74) is 1.17. The van der Waals surface area contributed by atoms with E-state index in [1.807, 2.05) is 30.3 Å². The van der Waals surface area contributed by atoms with Crippen LogP contribution in [0.4, 0.5) is 5.13 Å². The minimum atomic E-state index is -0.530. The van der Waals surface area contributed by atoms with Crippen molar-refractivity contribution in [3.05, 3.63) is 83.4 Å². The number of aromatic nitrogens is 2. The summed E-state index contributed by atoms with van der Waals surface area (Å²) in [5.74, 6) is 0.0910. The van der Waals surface area contributed by atoms with Crippen molar-refractivity contribution in [3.63, 3.8) is 0 Å². The van der Waals surface area contributed by atoms with Gasteiger partial charge in [-0.3, -0.25) is 9.59 Å². The van der Waals surface area contributed by atoms with Crippen LogP contribution in [-0.2, 0) is 4.79 Å². The highest BCUT2D eigenvalue weighted by molar-refractivity contribution is 8.01. The van der Waals surface area contributed by atoms with Crippen LogP contribution in [0.15, 0.2) is 71.6 Å². The normalized spacial score (nSPS) is 11.5. The molecule has 1 atom stereocenters. The number of hydrogen-bond donors (Lipinski definition) is 2. The standard InChI is InChI=1S/C21H19ClN4O2S2/c1-2-12-29-21-26-25-20(30-21)24-18(27)13-17(14-8-4-3-5-9-14)23-19(28)15-10-6-7-11-16(15)22/h2-11,17H,1,12-13H2,(H,23,28)(H,24,25,27)/t17-/m1/s1. The smallest absolute Gasteiger partial charge is 0.253 e. The molecule has 0 fully saturated rings. The van der Waals surface area contributed by atoms with E-state index < -0.39 is 6.04 Å². The Morgan fingerprint density at radius 2 is 1.87 bits per heavy atom. The van der Waals surface area contributed by atoms with Crippen LogP contribution in [0, 0.1) is 0 Å². The van der Waals surface area contributed by atoms with E-state index in [4.69, 9.17) is 11.6 Å². The molecule has 0 aliphatic carbocycles. The maximum Gasteiger partial charge on any atom is 0.253 e. The van der Waals surface area contributed by atoms with Crippen LogP contribution in [0.2, 0.25) is 5.02 Å². The Morgan fingerprint density at radius 3 is 2.60 bits per heavy atom. The fourth-order valence-corrected chi connectivity index (χ4v) is 4.37. The first-order chi connectivity index (χ1) is 14.6. The van der Waals surface area contributed by atoms with Gasteiger partial charge in [0.15, 0.2) is 4.34 Å². The first-order valence-electron chi connectivity index (χ1n) is 9.04. The molecule has 0 aliphatic rings. The number of thioether (sulfide) groups is 1. The molecule has 0 saturated heterocycles. The van der Waals surface area contributed by atoms with Crippen LogP contribution in [0.25, 0.3) is 0 Å². The maximum atomic E-state index is 12.7. The summed E-state index contributed by atoms with van der Waals surface area (Å²) in [5, 5.41) is 14.4. The molecular formula is C21H19ClN4O2S2. The molecular weight excluding hydrogens is 440 g/mol. The largest absolute Gasteiger partial charge is 0.345 e. The summed E-state index contributed by atoms with van der Waals surface area (Å²) in [4.78, 5) is 25.4. The molecule has 9 heteroatoms. The highest BCUT2D eigenvalue weighted by atomic mass is 35.5. The summed E-state index contributed by atoms with van der Waals surface area (Å²) in [6.07, 6.45) is 1.81. The molecule has 0 saturated carbocycles. The van der Waals surface area contributed by atoms with Crippen molar-refractivity contribution < 1.29 is 9.59 Å². The zero-order valence-corrected chi connectivity index (χ0v) is 18.3. The summed E-state index contributed by atoms with van der Waals surface area (Å²) >= 11 is 8.92. The van der Waals surface area contributed by atoms with Gasteiger partial charge in [0.05, 0.1) is 23.0 Å². The van der Waals surface area contributed by atoms with Gasteiger partial charge >= 0.3 is 0 Å². The van der Waals surface area contributed by atoms with Gasteiger partial charge in [0, 0.05) is 5.75 Å². The number of nitrogens with zero attached hydrogens (tertiary/aromatic N) is 2. The van der Waals surface area contributed by atoms with Crippen molar-refractivity contribution in [1.82, 2.24) is 15.5 Å². The summed E-state index contributed by atoms with van der Waals surface area (Å²) in [6.45, 7) is 3.67. The van der Waals surface area contributed by atoms with Crippen molar-refractivity contribution in [3.8, 4) is 0 Å². The monoisotopic (exact) mass is 458 g/mol.